The van der Waals surface area contributed by atoms with Crippen molar-refractivity contribution in [1.29, 1.82) is 0 Å². The van der Waals surface area contributed by atoms with E-state index >= 15 is 0 Å². The SMILES string of the molecule is CCCCN(C)CC(C)C. The Labute approximate surface area is 65.4 Å². The van der Waals surface area contributed by atoms with Gasteiger partial charge in [0.2, 0.25) is 0 Å². The Kier molecular flexibility index (Phi) is 5.70. The van der Waals surface area contributed by atoms with Crippen molar-refractivity contribution in [2.45, 2.75) is 33.6 Å². The van der Waals surface area contributed by atoms with E-state index in [-0.39, 0.29) is 0 Å². The fourth-order valence-corrected chi connectivity index (χ4v) is 1.14. The standard InChI is InChI=1S/C9H21N/c1-5-6-7-10(4)8-9(2)3/h9H,5-8H2,1-4H3. The van der Waals surface area contributed by atoms with Gasteiger partial charge in [-0.15, -0.1) is 0 Å². The highest BCUT2D eigenvalue weighted by molar-refractivity contribution is 4.53. The Morgan fingerprint density at radius 3 is 2.30 bits per heavy atom. The molecule has 0 radical (unpaired) electrons. The summed E-state index contributed by atoms with van der Waals surface area (Å²) in [7, 11) is 2.20. The molecular weight excluding hydrogens is 122 g/mol. The zero-order chi connectivity index (χ0) is 7.98. The van der Waals surface area contributed by atoms with Crippen LogP contribution in [0.2, 0.25) is 0 Å². The predicted octanol–water partition coefficient (Wildman–Crippen LogP) is 2.37. The van der Waals surface area contributed by atoms with E-state index < -0.39 is 0 Å². The summed E-state index contributed by atoms with van der Waals surface area (Å²) in [5.41, 5.74) is 0. The van der Waals surface area contributed by atoms with Crippen LogP contribution in [0.1, 0.15) is 33.6 Å². The molecule has 0 amide bonds. The first-order valence-corrected chi connectivity index (χ1v) is 4.35. The molecule has 1 heteroatoms. The van der Waals surface area contributed by atoms with E-state index in [1.807, 2.05) is 0 Å². The molecule has 0 rings (SSSR count). The topological polar surface area (TPSA) is 3.24 Å². The molecule has 0 unspecified atom stereocenters. The van der Waals surface area contributed by atoms with E-state index in [9.17, 15) is 0 Å². The van der Waals surface area contributed by atoms with E-state index in [2.05, 4.69) is 32.7 Å². The molecule has 0 atom stereocenters. The number of hydrogen-bond acceptors (Lipinski definition) is 1. The lowest BCUT2D eigenvalue weighted by atomic mass is 10.2. The summed E-state index contributed by atoms with van der Waals surface area (Å²) in [4.78, 5) is 2.41. The lowest BCUT2D eigenvalue weighted by Crippen LogP contribution is -2.24. The van der Waals surface area contributed by atoms with Crippen LogP contribution in [0.3, 0.4) is 0 Å². The summed E-state index contributed by atoms with van der Waals surface area (Å²) in [6.45, 7) is 9.27. The van der Waals surface area contributed by atoms with Crippen LogP contribution in [0.5, 0.6) is 0 Å². The minimum atomic E-state index is 0.807. The molecule has 0 aliphatic carbocycles. The molecule has 0 aromatic heterocycles. The Hall–Kier alpha value is -0.0400. The average molecular weight is 143 g/mol. The average Bonchev–Trinajstić information content (AvgIpc) is 1.82. The maximum atomic E-state index is 2.41. The summed E-state index contributed by atoms with van der Waals surface area (Å²) < 4.78 is 0. The zero-order valence-electron chi connectivity index (χ0n) is 7.85. The number of unbranched alkanes of at least 4 members (excludes halogenated alkanes) is 1. The minimum Gasteiger partial charge on any atom is -0.306 e. The van der Waals surface area contributed by atoms with Gasteiger partial charge < -0.3 is 4.90 Å². The summed E-state index contributed by atoms with van der Waals surface area (Å²) in [5, 5.41) is 0. The third-order valence-electron chi connectivity index (χ3n) is 1.57. The third kappa shape index (κ3) is 6.09. The zero-order valence-corrected chi connectivity index (χ0v) is 7.85. The molecule has 0 heterocycles. The second-order valence-corrected chi connectivity index (χ2v) is 3.51. The maximum absolute atomic E-state index is 2.41. The van der Waals surface area contributed by atoms with Crippen LogP contribution >= 0.6 is 0 Å². The number of rotatable bonds is 5. The minimum absolute atomic E-state index is 0.807. The molecule has 0 fully saturated rings. The van der Waals surface area contributed by atoms with Crippen molar-refractivity contribution in [3.8, 4) is 0 Å². The van der Waals surface area contributed by atoms with E-state index in [4.69, 9.17) is 0 Å². The highest BCUT2D eigenvalue weighted by Gasteiger charge is 1.99. The normalized spacial score (nSPS) is 11.4. The van der Waals surface area contributed by atoms with Gasteiger partial charge in [0.05, 0.1) is 0 Å². The van der Waals surface area contributed by atoms with Crippen LogP contribution in [-0.4, -0.2) is 25.0 Å². The molecule has 0 aromatic rings. The van der Waals surface area contributed by atoms with Gasteiger partial charge in [-0.25, -0.2) is 0 Å². The van der Waals surface area contributed by atoms with Gasteiger partial charge in [0, 0.05) is 6.54 Å². The van der Waals surface area contributed by atoms with Crippen molar-refractivity contribution in [1.82, 2.24) is 4.90 Å². The number of nitrogens with zero attached hydrogens (tertiary/aromatic N) is 1. The van der Waals surface area contributed by atoms with Crippen molar-refractivity contribution in [3.05, 3.63) is 0 Å². The largest absolute Gasteiger partial charge is 0.306 e. The highest BCUT2D eigenvalue weighted by Crippen LogP contribution is 1.97. The first-order valence-electron chi connectivity index (χ1n) is 4.35. The van der Waals surface area contributed by atoms with Gasteiger partial charge in [0.15, 0.2) is 0 Å². The lowest BCUT2D eigenvalue weighted by molar-refractivity contribution is 0.291. The van der Waals surface area contributed by atoms with Gasteiger partial charge in [-0.2, -0.15) is 0 Å². The third-order valence-corrected chi connectivity index (χ3v) is 1.57. The first kappa shape index (κ1) is 9.96. The maximum Gasteiger partial charge on any atom is 0.000133 e. The van der Waals surface area contributed by atoms with Crippen LogP contribution < -0.4 is 0 Å². The number of hydrogen-bond donors (Lipinski definition) is 0. The molecule has 1 nitrogen and oxygen atoms in total. The van der Waals surface area contributed by atoms with Crippen molar-refractivity contribution in [3.63, 3.8) is 0 Å². The van der Waals surface area contributed by atoms with Gasteiger partial charge in [0.25, 0.3) is 0 Å². The Bertz CT molecular complexity index is 69.1. The molecule has 0 spiro atoms. The Morgan fingerprint density at radius 1 is 1.30 bits per heavy atom. The van der Waals surface area contributed by atoms with E-state index in [1.54, 1.807) is 0 Å². The fraction of sp³-hybridized carbons (Fsp3) is 1.00. The lowest BCUT2D eigenvalue weighted by Gasteiger charge is -2.17. The van der Waals surface area contributed by atoms with Gasteiger partial charge in [-0.1, -0.05) is 27.2 Å². The Morgan fingerprint density at radius 2 is 1.90 bits per heavy atom. The molecule has 0 bridgehead atoms. The molecule has 0 N–H and O–H groups in total. The molecule has 62 valence electrons. The predicted molar refractivity (Wildman–Crippen MR) is 47.2 cm³/mol. The van der Waals surface area contributed by atoms with E-state index in [1.165, 1.54) is 25.9 Å². The van der Waals surface area contributed by atoms with Crippen LogP contribution in [0, 0.1) is 5.92 Å². The summed E-state index contributed by atoms with van der Waals surface area (Å²) >= 11 is 0. The van der Waals surface area contributed by atoms with Crippen molar-refractivity contribution >= 4 is 0 Å². The molecule has 0 aromatic carbocycles. The van der Waals surface area contributed by atoms with Gasteiger partial charge in [0.1, 0.15) is 0 Å². The van der Waals surface area contributed by atoms with Crippen molar-refractivity contribution in [2.24, 2.45) is 5.92 Å². The molecule has 0 saturated heterocycles. The molecule has 0 aliphatic heterocycles. The summed E-state index contributed by atoms with van der Waals surface area (Å²) in [5.74, 6) is 0.807. The second kappa shape index (κ2) is 5.72. The van der Waals surface area contributed by atoms with E-state index in [0.29, 0.717) is 0 Å². The van der Waals surface area contributed by atoms with E-state index in [0.717, 1.165) is 5.92 Å². The molecule has 0 saturated carbocycles. The summed E-state index contributed by atoms with van der Waals surface area (Å²) in [6.07, 6.45) is 2.64. The van der Waals surface area contributed by atoms with Gasteiger partial charge in [-0.05, 0) is 25.9 Å². The van der Waals surface area contributed by atoms with Gasteiger partial charge >= 0.3 is 0 Å². The van der Waals surface area contributed by atoms with Crippen LogP contribution in [-0.2, 0) is 0 Å². The van der Waals surface area contributed by atoms with Crippen LogP contribution in [0.4, 0.5) is 0 Å². The smallest absolute Gasteiger partial charge is 0.000133 e. The molecule has 0 aliphatic rings. The first-order chi connectivity index (χ1) is 4.66. The second-order valence-electron chi connectivity index (χ2n) is 3.51. The van der Waals surface area contributed by atoms with Crippen LogP contribution in [0.25, 0.3) is 0 Å². The van der Waals surface area contributed by atoms with Crippen molar-refractivity contribution < 1.29 is 0 Å². The fourth-order valence-electron chi connectivity index (χ4n) is 1.14. The van der Waals surface area contributed by atoms with Crippen LogP contribution in [0.15, 0.2) is 0 Å². The Balaban J connectivity index is 3.16. The monoisotopic (exact) mass is 143 g/mol. The summed E-state index contributed by atoms with van der Waals surface area (Å²) in [6, 6.07) is 0. The molecule has 10 heavy (non-hydrogen) atoms. The molecular formula is C9H21N. The quantitative estimate of drug-likeness (QED) is 0.571. The highest BCUT2D eigenvalue weighted by atomic mass is 15.1. The van der Waals surface area contributed by atoms with Gasteiger partial charge in [-0.3, -0.25) is 0 Å². The van der Waals surface area contributed by atoms with Crippen molar-refractivity contribution in [2.75, 3.05) is 20.1 Å².